The summed E-state index contributed by atoms with van der Waals surface area (Å²) in [6.45, 7) is 4.19. The molecule has 0 saturated carbocycles. The zero-order chi connectivity index (χ0) is 20.8. The first-order valence-electron chi connectivity index (χ1n) is 10.2. The van der Waals surface area contributed by atoms with Gasteiger partial charge in [-0.3, -0.25) is 4.79 Å². The van der Waals surface area contributed by atoms with Gasteiger partial charge in [0.25, 0.3) is 5.91 Å². The molecule has 1 aliphatic heterocycles. The molecule has 0 atom stereocenters. The molecule has 4 rings (SSSR count). The molecular weight excluding hydrogens is 374 g/mol. The van der Waals surface area contributed by atoms with Crippen LogP contribution in [0.3, 0.4) is 0 Å². The number of ether oxygens (including phenoxy) is 1. The molecule has 3 aromatic carbocycles. The van der Waals surface area contributed by atoms with Crippen molar-refractivity contribution in [1.29, 1.82) is 5.26 Å². The Hall–Kier alpha value is -3.62. The van der Waals surface area contributed by atoms with Gasteiger partial charge in [0.1, 0.15) is 18.0 Å². The molecule has 30 heavy (non-hydrogen) atoms. The van der Waals surface area contributed by atoms with Gasteiger partial charge in [0.15, 0.2) is 0 Å². The van der Waals surface area contributed by atoms with Crippen molar-refractivity contribution in [3.63, 3.8) is 0 Å². The van der Waals surface area contributed by atoms with Gasteiger partial charge in [-0.25, -0.2) is 0 Å². The van der Waals surface area contributed by atoms with Gasteiger partial charge in [-0.05, 0) is 42.5 Å². The van der Waals surface area contributed by atoms with E-state index in [0.717, 1.165) is 38.5 Å². The smallest absolute Gasteiger partial charge is 0.254 e. The van der Waals surface area contributed by atoms with Gasteiger partial charge < -0.3 is 14.5 Å². The van der Waals surface area contributed by atoms with Crippen LogP contribution in [0.1, 0.15) is 21.5 Å². The van der Waals surface area contributed by atoms with Crippen LogP contribution < -0.4 is 9.64 Å². The number of nitriles is 1. The second-order valence-corrected chi connectivity index (χ2v) is 7.47. The maximum atomic E-state index is 13.0. The average Bonchev–Trinajstić information content (AvgIpc) is 2.80. The van der Waals surface area contributed by atoms with E-state index in [2.05, 4.69) is 6.07 Å². The number of piperazine rings is 1. The Balaban J connectivity index is 1.34. The maximum absolute atomic E-state index is 13.0. The molecule has 150 valence electrons. The van der Waals surface area contributed by atoms with Gasteiger partial charge in [0.2, 0.25) is 0 Å². The first-order valence-corrected chi connectivity index (χ1v) is 10.2. The summed E-state index contributed by atoms with van der Waals surface area (Å²) in [5.41, 5.74) is 2.55. The summed E-state index contributed by atoms with van der Waals surface area (Å²) in [5, 5.41) is 8.92. The Morgan fingerprint density at radius 1 is 0.933 bits per heavy atom. The lowest BCUT2D eigenvalue weighted by atomic mass is 10.1. The molecule has 5 nitrogen and oxygen atoms in total. The third kappa shape index (κ3) is 4.86. The number of benzene rings is 3. The maximum Gasteiger partial charge on any atom is 0.254 e. The molecule has 1 amide bonds. The van der Waals surface area contributed by atoms with Gasteiger partial charge in [0.05, 0.1) is 37.8 Å². The van der Waals surface area contributed by atoms with Crippen molar-refractivity contribution in [3.05, 3.63) is 95.6 Å². The molecule has 0 radical (unpaired) electrons. The van der Waals surface area contributed by atoms with Crippen molar-refractivity contribution < 1.29 is 14.4 Å². The minimum absolute atomic E-state index is 0.0472. The Morgan fingerprint density at radius 2 is 1.63 bits per heavy atom. The summed E-state index contributed by atoms with van der Waals surface area (Å²) in [6, 6.07) is 26.8. The lowest BCUT2D eigenvalue weighted by molar-refractivity contribution is -0.917. The second kappa shape index (κ2) is 9.25. The van der Waals surface area contributed by atoms with Crippen LogP contribution in [0.25, 0.3) is 0 Å². The van der Waals surface area contributed by atoms with E-state index in [4.69, 9.17) is 10.00 Å². The van der Waals surface area contributed by atoms with Crippen molar-refractivity contribution in [2.45, 2.75) is 6.54 Å². The van der Waals surface area contributed by atoms with Gasteiger partial charge >= 0.3 is 0 Å². The first-order chi connectivity index (χ1) is 14.7. The normalized spacial score (nSPS) is 14.2. The van der Waals surface area contributed by atoms with Crippen LogP contribution in [0.4, 0.5) is 0 Å². The summed E-state index contributed by atoms with van der Waals surface area (Å²) < 4.78 is 5.86. The highest BCUT2D eigenvalue weighted by atomic mass is 16.5. The highest BCUT2D eigenvalue weighted by Gasteiger charge is 2.24. The van der Waals surface area contributed by atoms with Crippen LogP contribution in [-0.4, -0.2) is 37.0 Å². The van der Waals surface area contributed by atoms with Crippen molar-refractivity contribution >= 4 is 5.91 Å². The van der Waals surface area contributed by atoms with Crippen LogP contribution in [0.15, 0.2) is 78.9 Å². The molecule has 5 heteroatoms. The zero-order valence-electron chi connectivity index (χ0n) is 16.8. The third-order valence-corrected chi connectivity index (χ3v) is 5.35. The third-order valence-electron chi connectivity index (χ3n) is 5.35. The van der Waals surface area contributed by atoms with E-state index in [9.17, 15) is 4.79 Å². The minimum Gasteiger partial charge on any atom is -0.457 e. The number of hydrogen-bond acceptors (Lipinski definition) is 3. The average molecular weight is 398 g/mol. The molecular formula is C25H24N3O2+. The van der Waals surface area contributed by atoms with Crippen LogP contribution >= 0.6 is 0 Å². The number of quaternary nitrogens is 1. The van der Waals surface area contributed by atoms with Crippen LogP contribution in [0, 0.1) is 11.3 Å². The van der Waals surface area contributed by atoms with E-state index >= 15 is 0 Å². The number of para-hydroxylation sites is 1. The summed E-state index contributed by atoms with van der Waals surface area (Å²) in [4.78, 5) is 16.3. The molecule has 1 aliphatic rings. The predicted molar refractivity (Wildman–Crippen MR) is 114 cm³/mol. The molecule has 1 N–H and O–H groups in total. The molecule has 3 aromatic rings. The summed E-state index contributed by atoms with van der Waals surface area (Å²) in [7, 11) is 0. The summed E-state index contributed by atoms with van der Waals surface area (Å²) in [5.74, 6) is 1.46. The molecule has 0 unspecified atom stereocenters. The number of carbonyl (C=O) groups excluding carboxylic acids is 1. The standard InChI is InChI=1S/C25H23N3O2/c26-18-20-9-11-21(12-10-20)19-27-13-15-28(16-14-27)25(29)22-5-4-8-24(17-22)30-23-6-2-1-3-7-23/h1-12,17H,13-16,19H2/p+1. The van der Waals surface area contributed by atoms with Gasteiger partial charge in [-0.2, -0.15) is 5.26 Å². The number of amides is 1. The SMILES string of the molecule is N#Cc1ccc(C[NH+]2CCN(C(=O)c3cccc(Oc4ccccc4)c3)CC2)cc1. The highest BCUT2D eigenvalue weighted by molar-refractivity contribution is 5.94. The van der Waals surface area contributed by atoms with Crippen LogP contribution in [0.5, 0.6) is 11.5 Å². The lowest BCUT2D eigenvalue weighted by Crippen LogP contribution is -3.13. The molecule has 1 saturated heterocycles. The van der Waals surface area contributed by atoms with Crippen molar-refractivity contribution in [2.24, 2.45) is 0 Å². The Labute approximate surface area is 176 Å². The van der Waals surface area contributed by atoms with E-state index in [1.807, 2.05) is 83.8 Å². The molecule has 0 bridgehead atoms. The second-order valence-electron chi connectivity index (χ2n) is 7.47. The predicted octanol–water partition coefficient (Wildman–Crippen LogP) is 2.89. The summed E-state index contributed by atoms with van der Waals surface area (Å²) >= 11 is 0. The van der Waals surface area contributed by atoms with E-state index in [1.54, 1.807) is 0 Å². The monoisotopic (exact) mass is 398 g/mol. The number of nitrogens with zero attached hydrogens (tertiary/aromatic N) is 2. The van der Waals surface area contributed by atoms with Crippen molar-refractivity contribution in [2.75, 3.05) is 26.2 Å². The molecule has 0 aliphatic carbocycles. The Bertz CT molecular complexity index is 1030. The zero-order valence-corrected chi connectivity index (χ0v) is 16.8. The van der Waals surface area contributed by atoms with E-state index < -0.39 is 0 Å². The van der Waals surface area contributed by atoms with E-state index in [1.165, 1.54) is 10.5 Å². The van der Waals surface area contributed by atoms with Gasteiger partial charge in [0, 0.05) is 11.1 Å². The fourth-order valence-corrected chi connectivity index (χ4v) is 3.69. The fraction of sp³-hybridized carbons (Fsp3) is 0.200. The number of nitrogens with one attached hydrogen (secondary N) is 1. The number of hydrogen-bond donors (Lipinski definition) is 1. The Kier molecular flexibility index (Phi) is 6.07. The van der Waals surface area contributed by atoms with Gasteiger partial charge in [-0.1, -0.05) is 36.4 Å². The lowest BCUT2D eigenvalue weighted by Gasteiger charge is -2.32. The molecule has 0 aromatic heterocycles. The number of carbonyl (C=O) groups is 1. The first kappa shape index (κ1) is 19.7. The fourth-order valence-electron chi connectivity index (χ4n) is 3.69. The minimum atomic E-state index is 0.0472. The largest absolute Gasteiger partial charge is 0.457 e. The van der Waals surface area contributed by atoms with Crippen molar-refractivity contribution in [3.8, 4) is 17.6 Å². The molecule has 1 fully saturated rings. The van der Waals surface area contributed by atoms with Crippen molar-refractivity contribution in [1.82, 2.24) is 4.90 Å². The Morgan fingerprint density at radius 3 is 2.33 bits per heavy atom. The summed E-state index contributed by atoms with van der Waals surface area (Å²) in [6.07, 6.45) is 0. The quantitative estimate of drug-likeness (QED) is 0.719. The highest BCUT2D eigenvalue weighted by Crippen LogP contribution is 2.22. The van der Waals surface area contributed by atoms with Gasteiger partial charge in [-0.15, -0.1) is 0 Å². The van der Waals surface area contributed by atoms with Crippen LogP contribution in [0.2, 0.25) is 0 Å². The van der Waals surface area contributed by atoms with Crippen LogP contribution in [-0.2, 0) is 6.54 Å². The topological polar surface area (TPSA) is 57.8 Å². The van der Waals surface area contributed by atoms with E-state index in [-0.39, 0.29) is 5.91 Å². The van der Waals surface area contributed by atoms with E-state index in [0.29, 0.717) is 16.9 Å². The molecule has 0 spiro atoms. The molecule has 1 heterocycles. The number of rotatable bonds is 5.